The standard InChI is InChI=1S/C17H29N3/c1-14-4-3-5-15(7-6-14)20-13-19-12-16(20)17(2)8-10-18-11-9-17/h12-15,18H,3-11H2,1-2H3. The molecule has 0 bridgehead atoms. The smallest absolute Gasteiger partial charge is 0.0950 e. The Morgan fingerprint density at radius 2 is 2.00 bits per heavy atom. The molecule has 20 heavy (non-hydrogen) atoms. The molecule has 2 aliphatic rings. The minimum atomic E-state index is 0.319. The van der Waals surface area contributed by atoms with Crippen LogP contribution in [-0.4, -0.2) is 22.6 Å². The average molecular weight is 275 g/mol. The Morgan fingerprint density at radius 3 is 2.80 bits per heavy atom. The highest BCUT2D eigenvalue weighted by Gasteiger charge is 2.33. The summed E-state index contributed by atoms with van der Waals surface area (Å²) in [6.45, 7) is 7.12. The first kappa shape index (κ1) is 14.1. The lowest BCUT2D eigenvalue weighted by Gasteiger charge is -2.36. The van der Waals surface area contributed by atoms with Crippen molar-refractivity contribution < 1.29 is 0 Å². The van der Waals surface area contributed by atoms with E-state index in [1.165, 1.54) is 50.6 Å². The Bertz CT molecular complexity index is 431. The molecule has 0 aromatic carbocycles. The summed E-state index contributed by atoms with van der Waals surface area (Å²) in [4.78, 5) is 4.51. The number of imidazole rings is 1. The molecule has 3 rings (SSSR count). The normalized spacial score (nSPS) is 30.9. The summed E-state index contributed by atoms with van der Waals surface area (Å²) in [7, 11) is 0. The highest BCUT2D eigenvalue weighted by Crippen LogP contribution is 2.37. The quantitative estimate of drug-likeness (QED) is 0.835. The number of hydrogen-bond donors (Lipinski definition) is 1. The third-order valence-electron chi connectivity index (χ3n) is 5.61. The second kappa shape index (κ2) is 5.88. The van der Waals surface area contributed by atoms with Crippen LogP contribution >= 0.6 is 0 Å². The maximum absolute atomic E-state index is 4.51. The van der Waals surface area contributed by atoms with Gasteiger partial charge in [-0.3, -0.25) is 0 Å². The zero-order chi connectivity index (χ0) is 14.0. The molecule has 0 amide bonds. The molecule has 2 heterocycles. The predicted molar refractivity (Wildman–Crippen MR) is 83.0 cm³/mol. The van der Waals surface area contributed by atoms with Gasteiger partial charge in [0.05, 0.1) is 6.33 Å². The summed E-state index contributed by atoms with van der Waals surface area (Å²) in [6, 6.07) is 0.684. The van der Waals surface area contributed by atoms with E-state index in [9.17, 15) is 0 Å². The summed E-state index contributed by atoms with van der Waals surface area (Å²) < 4.78 is 2.53. The zero-order valence-electron chi connectivity index (χ0n) is 13.1. The number of piperidine rings is 1. The molecule has 2 atom stereocenters. The molecule has 112 valence electrons. The van der Waals surface area contributed by atoms with Crippen LogP contribution in [0.3, 0.4) is 0 Å². The van der Waals surface area contributed by atoms with Crippen molar-refractivity contribution in [1.82, 2.24) is 14.9 Å². The van der Waals surface area contributed by atoms with Gasteiger partial charge in [0.2, 0.25) is 0 Å². The summed E-state index contributed by atoms with van der Waals surface area (Å²) in [5.74, 6) is 0.904. The van der Waals surface area contributed by atoms with E-state index in [2.05, 4.69) is 41.2 Å². The van der Waals surface area contributed by atoms with E-state index >= 15 is 0 Å². The van der Waals surface area contributed by atoms with Crippen molar-refractivity contribution in [3.8, 4) is 0 Å². The summed E-state index contributed by atoms with van der Waals surface area (Å²) in [6.07, 6.45) is 13.5. The third kappa shape index (κ3) is 2.78. The molecule has 1 aromatic heterocycles. The van der Waals surface area contributed by atoms with Crippen LogP contribution in [0.4, 0.5) is 0 Å². The minimum absolute atomic E-state index is 0.319. The largest absolute Gasteiger partial charge is 0.331 e. The molecular weight excluding hydrogens is 246 g/mol. The van der Waals surface area contributed by atoms with Gasteiger partial charge in [-0.1, -0.05) is 26.7 Å². The first-order valence-corrected chi connectivity index (χ1v) is 8.42. The molecule has 2 unspecified atom stereocenters. The molecule has 0 spiro atoms. The van der Waals surface area contributed by atoms with E-state index < -0.39 is 0 Å². The minimum Gasteiger partial charge on any atom is -0.331 e. The van der Waals surface area contributed by atoms with Crippen molar-refractivity contribution in [3.05, 3.63) is 18.2 Å². The first-order valence-electron chi connectivity index (χ1n) is 8.42. The Labute approximate surface area is 123 Å². The molecule has 1 aliphatic heterocycles. The molecule has 3 heteroatoms. The maximum atomic E-state index is 4.51. The predicted octanol–water partition coefficient (Wildman–Crippen LogP) is 3.67. The molecule has 1 N–H and O–H groups in total. The van der Waals surface area contributed by atoms with Crippen molar-refractivity contribution in [2.75, 3.05) is 13.1 Å². The van der Waals surface area contributed by atoms with Gasteiger partial charge in [0, 0.05) is 23.3 Å². The molecule has 1 saturated heterocycles. The molecule has 2 fully saturated rings. The number of nitrogens with zero attached hydrogens (tertiary/aromatic N) is 2. The number of nitrogens with one attached hydrogen (secondary N) is 1. The molecule has 1 aromatic rings. The van der Waals surface area contributed by atoms with Gasteiger partial charge < -0.3 is 9.88 Å². The first-order chi connectivity index (χ1) is 9.69. The molecule has 3 nitrogen and oxygen atoms in total. The van der Waals surface area contributed by atoms with Crippen molar-refractivity contribution in [2.45, 2.75) is 70.3 Å². The maximum Gasteiger partial charge on any atom is 0.0950 e. The summed E-state index contributed by atoms with van der Waals surface area (Å²) in [5, 5.41) is 3.49. The van der Waals surface area contributed by atoms with E-state index in [4.69, 9.17) is 0 Å². The van der Waals surface area contributed by atoms with E-state index in [1.54, 1.807) is 0 Å². The lowest BCUT2D eigenvalue weighted by Crippen LogP contribution is -2.39. The summed E-state index contributed by atoms with van der Waals surface area (Å²) >= 11 is 0. The van der Waals surface area contributed by atoms with Crippen molar-refractivity contribution in [2.24, 2.45) is 5.92 Å². The topological polar surface area (TPSA) is 29.9 Å². The summed E-state index contributed by atoms with van der Waals surface area (Å²) in [5.41, 5.74) is 1.80. The fourth-order valence-corrected chi connectivity index (χ4v) is 4.04. The van der Waals surface area contributed by atoms with Crippen LogP contribution in [0, 0.1) is 5.92 Å². The zero-order valence-corrected chi connectivity index (χ0v) is 13.1. The Morgan fingerprint density at radius 1 is 1.20 bits per heavy atom. The molecule has 1 aliphatic carbocycles. The van der Waals surface area contributed by atoms with Crippen molar-refractivity contribution in [3.63, 3.8) is 0 Å². The molecule has 1 saturated carbocycles. The monoisotopic (exact) mass is 275 g/mol. The lowest BCUT2D eigenvalue weighted by molar-refractivity contribution is 0.301. The lowest BCUT2D eigenvalue weighted by atomic mass is 9.78. The van der Waals surface area contributed by atoms with Gasteiger partial charge in [-0.2, -0.15) is 0 Å². The van der Waals surface area contributed by atoms with Gasteiger partial charge in [-0.05, 0) is 51.1 Å². The van der Waals surface area contributed by atoms with Crippen LogP contribution in [-0.2, 0) is 5.41 Å². The van der Waals surface area contributed by atoms with Crippen LogP contribution in [0.25, 0.3) is 0 Å². The highest BCUT2D eigenvalue weighted by molar-refractivity contribution is 5.16. The SMILES string of the molecule is CC1CCCC(n2cncc2C2(C)CCNCC2)CC1. The second-order valence-corrected chi connectivity index (χ2v) is 7.26. The number of rotatable bonds is 2. The van der Waals surface area contributed by atoms with Gasteiger partial charge in [-0.25, -0.2) is 4.98 Å². The fourth-order valence-electron chi connectivity index (χ4n) is 4.04. The van der Waals surface area contributed by atoms with Gasteiger partial charge in [0.15, 0.2) is 0 Å². The van der Waals surface area contributed by atoms with Crippen LogP contribution < -0.4 is 5.32 Å². The van der Waals surface area contributed by atoms with E-state index in [1.807, 2.05) is 0 Å². The number of hydrogen-bond acceptors (Lipinski definition) is 2. The van der Waals surface area contributed by atoms with Crippen LogP contribution in [0.5, 0.6) is 0 Å². The fraction of sp³-hybridized carbons (Fsp3) is 0.824. The van der Waals surface area contributed by atoms with Gasteiger partial charge >= 0.3 is 0 Å². The van der Waals surface area contributed by atoms with Gasteiger partial charge in [0.1, 0.15) is 0 Å². The van der Waals surface area contributed by atoms with Crippen molar-refractivity contribution >= 4 is 0 Å². The highest BCUT2D eigenvalue weighted by atomic mass is 15.1. The Hall–Kier alpha value is -0.830. The van der Waals surface area contributed by atoms with E-state index in [0.29, 0.717) is 11.5 Å². The van der Waals surface area contributed by atoms with Crippen LogP contribution in [0.2, 0.25) is 0 Å². The molecule has 0 radical (unpaired) electrons. The number of aromatic nitrogens is 2. The van der Waals surface area contributed by atoms with Crippen molar-refractivity contribution in [1.29, 1.82) is 0 Å². The van der Waals surface area contributed by atoms with Gasteiger partial charge in [-0.15, -0.1) is 0 Å². The Balaban J connectivity index is 1.82. The van der Waals surface area contributed by atoms with E-state index in [0.717, 1.165) is 19.0 Å². The second-order valence-electron chi connectivity index (χ2n) is 7.26. The van der Waals surface area contributed by atoms with E-state index in [-0.39, 0.29) is 0 Å². The van der Waals surface area contributed by atoms with Crippen LogP contribution in [0.1, 0.15) is 70.5 Å². The molecular formula is C17H29N3. The van der Waals surface area contributed by atoms with Crippen LogP contribution in [0.15, 0.2) is 12.5 Å². The third-order valence-corrected chi connectivity index (χ3v) is 5.61. The average Bonchev–Trinajstić information content (AvgIpc) is 2.84. The van der Waals surface area contributed by atoms with Gasteiger partial charge in [0.25, 0.3) is 0 Å². The Kier molecular flexibility index (Phi) is 4.16.